The molecule has 0 aliphatic heterocycles. The molecule has 0 fully saturated rings. The van der Waals surface area contributed by atoms with E-state index in [9.17, 15) is 4.79 Å². The number of halogens is 1. The van der Waals surface area contributed by atoms with Crippen LogP contribution in [-0.2, 0) is 4.79 Å². The van der Waals surface area contributed by atoms with Gasteiger partial charge in [0.25, 0.3) is 0 Å². The van der Waals surface area contributed by atoms with Gasteiger partial charge in [0, 0.05) is 10.5 Å². The van der Waals surface area contributed by atoms with Crippen LogP contribution in [0.3, 0.4) is 0 Å². The molecule has 0 saturated heterocycles. The quantitative estimate of drug-likeness (QED) is 0.841. The predicted octanol–water partition coefficient (Wildman–Crippen LogP) is 1.71. The van der Waals surface area contributed by atoms with Crippen LogP contribution in [0, 0.1) is 0 Å². The summed E-state index contributed by atoms with van der Waals surface area (Å²) in [6.45, 7) is 2.01. The average Bonchev–Trinajstić information content (AvgIpc) is 2.31. The Kier molecular flexibility index (Phi) is 6.00. The van der Waals surface area contributed by atoms with Gasteiger partial charge in [0.05, 0.1) is 19.6 Å². The van der Waals surface area contributed by atoms with Crippen molar-refractivity contribution in [2.75, 3.05) is 13.2 Å². The van der Waals surface area contributed by atoms with E-state index in [1.807, 2.05) is 24.3 Å². The number of aliphatic hydroxyl groups is 1. The van der Waals surface area contributed by atoms with Crippen molar-refractivity contribution in [2.24, 2.45) is 0 Å². The fourth-order valence-corrected chi connectivity index (χ4v) is 1.45. The SMILES string of the molecule is C[C@H](CO)NC(=O)CCOc1ccc(Br)cc1. The Morgan fingerprint density at radius 3 is 2.71 bits per heavy atom. The molecule has 17 heavy (non-hydrogen) atoms. The lowest BCUT2D eigenvalue weighted by Crippen LogP contribution is -2.35. The maximum absolute atomic E-state index is 11.3. The fourth-order valence-electron chi connectivity index (χ4n) is 1.19. The van der Waals surface area contributed by atoms with E-state index in [0.29, 0.717) is 6.61 Å². The molecule has 0 aliphatic rings. The van der Waals surface area contributed by atoms with Gasteiger partial charge in [0.2, 0.25) is 5.91 Å². The van der Waals surface area contributed by atoms with Crippen molar-refractivity contribution in [3.05, 3.63) is 28.7 Å². The summed E-state index contributed by atoms with van der Waals surface area (Å²) in [5.41, 5.74) is 0. The van der Waals surface area contributed by atoms with Crippen molar-refractivity contribution in [3.63, 3.8) is 0 Å². The smallest absolute Gasteiger partial charge is 0.223 e. The standard InChI is InChI=1S/C12H16BrNO3/c1-9(8-15)14-12(16)6-7-17-11-4-2-10(13)3-5-11/h2-5,9,15H,6-8H2,1H3,(H,14,16)/t9-/m1/s1. The maximum atomic E-state index is 11.3. The molecule has 0 saturated carbocycles. The molecule has 1 amide bonds. The molecule has 0 aromatic heterocycles. The molecule has 0 heterocycles. The number of nitrogens with one attached hydrogen (secondary N) is 1. The highest BCUT2D eigenvalue weighted by atomic mass is 79.9. The molecule has 2 N–H and O–H groups in total. The summed E-state index contributed by atoms with van der Waals surface area (Å²) in [4.78, 5) is 11.3. The summed E-state index contributed by atoms with van der Waals surface area (Å²) in [5, 5.41) is 11.4. The zero-order chi connectivity index (χ0) is 12.7. The Morgan fingerprint density at radius 2 is 2.12 bits per heavy atom. The third-order valence-electron chi connectivity index (χ3n) is 2.09. The highest BCUT2D eigenvalue weighted by Crippen LogP contribution is 2.16. The van der Waals surface area contributed by atoms with Crippen LogP contribution in [0.4, 0.5) is 0 Å². The van der Waals surface area contributed by atoms with Crippen LogP contribution < -0.4 is 10.1 Å². The first kappa shape index (κ1) is 14.0. The zero-order valence-electron chi connectivity index (χ0n) is 9.65. The first-order valence-corrected chi connectivity index (χ1v) is 6.19. The van der Waals surface area contributed by atoms with E-state index in [2.05, 4.69) is 21.2 Å². The average molecular weight is 302 g/mol. The topological polar surface area (TPSA) is 58.6 Å². The van der Waals surface area contributed by atoms with E-state index < -0.39 is 0 Å². The van der Waals surface area contributed by atoms with Gasteiger partial charge in [-0.1, -0.05) is 15.9 Å². The molecular weight excluding hydrogens is 286 g/mol. The minimum absolute atomic E-state index is 0.0562. The highest BCUT2D eigenvalue weighted by molar-refractivity contribution is 9.10. The molecule has 0 aliphatic carbocycles. The van der Waals surface area contributed by atoms with Crippen molar-refractivity contribution >= 4 is 21.8 Å². The van der Waals surface area contributed by atoms with Gasteiger partial charge in [-0.15, -0.1) is 0 Å². The summed E-state index contributed by atoms with van der Waals surface area (Å²) in [7, 11) is 0. The molecule has 0 spiro atoms. The van der Waals surface area contributed by atoms with Crippen LogP contribution in [0.1, 0.15) is 13.3 Å². The van der Waals surface area contributed by atoms with Crippen molar-refractivity contribution < 1.29 is 14.6 Å². The van der Waals surface area contributed by atoms with Crippen LogP contribution in [0.15, 0.2) is 28.7 Å². The van der Waals surface area contributed by atoms with E-state index in [1.165, 1.54) is 0 Å². The van der Waals surface area contributed by atoms with Crippen LogP contribution >= 0.6 is 15.9 Å². The second kappa shape index (κ2) is 7.29. The van der Waals surface area contributed by atoms with E-state index in [1.54, 1.807) is 6.92 Å². The lowest BCUT2D eigenvalue weighted by molar-refractivity contribution is -0.122. The molecule has 1 aromatic rings. The monoisotopic (exact) mass is 301 g/mol. The van der Waals surface area contributed by atoms with Gasteiger partial charge in [-0.2, -0.15) is 0 Å². The van der Waals surface area contributed by atoms with Crippen molar-refractivity contribution in [1.82, 2.24) is 5.32 Å². The molecule has 1 aromatic carbocycles. The van der Waals surface area contributed by atoms with E-state index >= 15 is 0 Å². The predicted molar refractivity (Wildman–Crippen MR) is 68.9 cm³/mol. The van der Waals surface area contributed by atoms with Crippen molar-refractivity contribution in [1.29, 1.82) is 0 Å². The Labute approximate surface area is 109 Å². The number of benzene rings is 1. The summed E-state index contributed by atoms with van der Waals surface area (Å²) in [6, 6.07) is 7.21. The number of hydrogen-bond donors (Lipinski definition) is 2. The van der Waals surface area contributed by atoms with Crippen molar-refractivity contribution in [3.8, 4) is 5.75 Å². The molecule has 1 rings (SSSR count). The minimum atomic E-state index is -0.213. The summed E-state index contributed by atoms with van der Waals surface area (Å²) in [5.74, 6) is 0.611. The molecular formula is C12H16BrNO3. The Hall–Kier alpha value is -1.07. The number of carbonyl (C=O) groups is 1. The second-order valence-electron chi connectivity index (χ2n) is 3.70. The Morgan fingerprint density at radius 1 is 1.47 bits per heavy atom. The van der Waals surface area contributed by atoms with Gasteiger partial charge in [-0.25, -0.2) is 0 Å². The molecule has 0 unspecified atom stereocenters. The highest BCUT2D eigenvalue weighted by Gasteiger charge is 2.05. The normalized spacial score (nSPS) is 11.9. The third-order valence-corrected chi connectivity index (χ3v) is 2.62. The largest absolute Gasteiger partial charge is 0.493 e. The van der Waals surface area contributed by atoms with Crippen LogP contribution in [0.25, 0.3) is 0 Å². The van der Waals surface area contributed by atoms with Crippen LogP contribution in [0.2, 0.25) is 0 Å². The Balaban J connectivity index is 2.23. The van der Waals surface area contributed by atoms with Crippen LogP contribution in [-0.4, -0.2) is 30.3 Å². The van der Waals surface area contributed by atoms with Gasteiger partial charge in [-0.3, -0.25) is 4.79 Å². The molecule has 1 atom stereocenters. The number of hydrogen-bond acceptors (Lipinski definition) is 3. The fraction of sp³-hybridized carbons (Fsp3) is 0.417. The lowest BCUT2D eigenvalue weighted by atomic mass is 10.3. The zero-order valence-corrected chi connectivity index (χ0v) is 11.2. The summed E-state index contributed by atoms with van der Waals surface area (Å²) in [6.07, 6.45) is 0.278. The van der Waals surface area contributed by atoms with E-state index in [0.717, 1.165) is 10.2 Å². The number of ether oxygens (including phenoxy) is 1. The number of carbonyl (C=O) groups excluding carboxylic acids is 1. The molecule has 4 nitrogen and oxygen atoms in total. The van der Waals surface area contributed by atoms with E-state index in [4.69, 9.17) is 9.84 Å². The first-order chi connectivity index (χ1) is 8.11. The number of rotatable bonds is 6. The summed E-state index contributed by atoms with van der Waals surface area (Å²) < 4.78 is 6.39. The number of amides is 1. The molecule has 0 bridgehead atoms. The second-order valence-corrected chi connectivity index (χ2v) is 4.62. The third kappa shape index (κ3) is 5.70. The van der Waals surface area contributed by atoms with Crippen LogP contribution in [0.5, 0.6) is 5.75 Å². The van der Waals surface area contributed by atoms with Gasteiger partial charge in [-0.05, 0) is 31.2 Å². The minimum Gasteiger partial charge on any atom is -0.493 e. The van der Waals surface area contributed by atoms with Gasteiger partial charge >= 0.3 is 0 Å². The summed E-state index contributed by atoms with van der Waals surface area (Å²) >= 11 is 3.33. The number of aliphatic hydroxyl groups excluding tert-OH is 1. The molecule has 0 radical (unpaired) electrons. The van der Waals surface area contributed by atoms with E-state index in [-0.39, 0.29) is 25.0 Å². The maximum Gasteiger partial charge on any atom is 0.223 e. The molecule has 5 heteroatoms. The first-order valence-electron chi connectivity index (χ1n) is 5.40. The van der Waals surface area contributed by atoms with Gasteiger partial charge in [0.1, 0.15) is 5.75 Å². The Bertz CT molecular complexity index is 353. The molecule has 94 valence electrons. The lowest BCUT2D eigenvalue weighted by Gasteiger charge is -2.11. The van der Waals surface area contributed by atoms with Gasteiger partial charge in [0.15, 0.2) is 0 Å². The van der Waals surface area contributed by atoms with Gasteiger partial charge < -0.3 is 15.2 Å². The van der Waals surface area contributed by atoms with Crippen molar-refractivity contribution in [2.45, 2.75) is 19.4 Å².